The van der Waals surface area contributed by atoms with Crippen molar-refractivity contribution in [3.8, 4) is 0 Å². The van der Waals surface area contributed by atoms with Gasteiger partial charge in [-0.2, -0.15) is 0 Å². The van der Waals surface area contributed by atoms with Crippen LogP contribution in [0, 0.1) is 0 Å². The minimum atomic E-state index is -0.666. The number of carbonyl (C=O) groups is 1. The normalized spacial score (nSPS) is 12.8. The minimum Gasteiger partial charge on any atom is -0.345 e. The van der Waals surface area contributed by atoms with Crippen molar-refractivity contribution in [1.29, 1.82) is 0 Å². The highest BCUT2D eigenvalue weighted by atomic mass is 79.9. The van der Waals surface area contributed by atoms with Gasteiger partial charge in [0, 0.05) is 4.47 Å². The molecule has 4 heteroatoms. The van der Waals surface area contributed by atoms with E-state index < -0.39 is 11.6 Å². The summed E-state index contributed by atoms with van der Waals surface area (Å²) >= 11 is 3.41. The second kappa shape index (κ2) is 6.41. The third-order valence-electron chi connectivity index (χ3n) is 3.44. The molecule has 110 valence electrons. The van der Waals surface area contributed by atoms with Crippen LogP contribution in [0.1, 0.15) is 31.0 Å². The summed E-state index contributed by atoms with van der Waals surface area (Å²) < 4.78 is 1.01. The summed E-state index contributed by atoms with van der Waals surface area (Å²) in [5.41, 5.74) is 7.38. The lowest BCUT2D eigenvalue weighted by Crippen LogP contribution is -2.45. The molecule has 2 aromatic rings. The van der Waals surface area contributed by atoms with Crippen molar-refractivity contribution in [2.75, 3.05) is 0 Å². The van der Waals surface area contributed by atoms with E-state index in [1.807, 2.05) is 68.4 Å². The first-order valence-electron chi connectivity index (χ1n) is 6.79. The summed E-state index contributed by atoms with van der Waals surface area (Å²) in [5, 5.41) is 3.01. The SMILES string of the molecule is CC(C)(NC(=O)C(N)c1ccccc1)c1ccc(Br)cc1. The quantitative estimate of drug-likeness (QED) is 0.889. The van der Waals surface area contributed by atoms with E-state index >= 15 is 0 Å². The number of benzene rings is 2. The second-order valence-corrected chi connectivity index (χ2v) is 6.43. The Morgan fingerprint density at radius 3 is 2.24 bits per heavy atom. The minimum absolute atomic E-state index is 0.186. The van der Waals surface area contributed by atoms with Gasteiger partial charge in [0.2, 0.25) is 5.91 Å². The van der Waals surface area contributed by atoms with Crippen LogP contribution in [0.25, 0.3) is 0 Å². The smallest absolute Gasteiger partial charge is 0.242 e. The average Bonchev–Trinajstić information content (AvgIpc) is 2.47. The topological polar surface area (TPSA) is 55.1 Å². The van der Waals surface area contributed by atoms with E-state index in [0.717, 1.165) is 15.6 Å². The Labute approximate surface area is 133 Å². The van der Waals surface area contributed by atoms with E-state index in [2.05, 4.69) is 21.2 Å². The molecule has 1 amide bonds. The largest absolute Gasteiger partial charge is 0.345 e. The maximum Gasteiger partial charge on any atom is 0.242 e. The summed E-state index contributed by atoms with van der Waals surface area (Å²) in [6, 6.07) is 16.6. The van der Waals surface area contributed by atoms with Crippen LogP contribution in [-0.2, 0) is 10.3 Å². The van der Waals surface area contributed by atoms with E-state index in [4.69, 9.17) is 5.73 Å². The van der Waals surface area contributed by atoms with Gasteiger partial charge in [0.25, 0.3) is 0 Å². The standard InChI is InChI=1S/C17H19BrN2O/c1-17(2,13-8-10-14(18)11-9-13)20-16(21)15(19)12-6-4-3-5-7-12/h3-11,15H,19H2,1-2H3,(H,20,21). The maximum absolute atomic E-state index is 12.4. The molecule has 21 heavy (non-hydrogen) atoms. The molecule has 3 N–H and O–H groups in total. The van der Waals surface area contributed by atoms with Crippen LogP contribution < -0.4 is 11.1 Å². The molecule has 0 saturated carbocycles. The van der Waals surface area contributed by atoms with E-state index in [9.17, 15) is 4.79 Å². The maximum atomic E-state index is 12.4. The number of hydrogen-bond donors (Lipinski definition) is 2. The molecule has 2 aromatic carbocycles. The van der Waals surface area contributed by atoms with Crippen LogP contribution in [0.3, 0.4) is 0 Å². The van der Waals surface area contributed by atoms with Crippen molar-refractivity contribution in [3.63, 3.8) is 0 Å². The van der Waals surface area contributed by atoms with E-state index in [0.29, 0.717) is 0 Å². The summed E-state index contributed by atoms with van der Waals surface area (Å²) in [4.78, 5) is 12.4. The highest BCUT2D eigenvalue weighted by Gasteiger charge is 2.26. The molecule has 0 saturated heterocycles. The van der Waals surface area contributed by atoms with Gasteiger partial charge >= 0.3 is 0 Å². The van der Waals surface area contributed by atoms with E-state index in [-0.39, 0.29) is 5.91 Å². The lowest BCUT2D eigenvalue weighted by atomic mass is 9.93. The van der Waals surface area contributed by atoms with E-state index in [1.54, 1.807) is 0 Å². The number of hydrogen-bond acceptors (Lipinski definition) is 2. The molecule has 0 aromatic heterocycles. The van der Waals surface area contributed by atoms with Crippen LogP contribution in [-0.4, -0.2) is 5.91 Å². The Kier molecular flexibility index (Phi) is 4.80. The molecule has 1 unspecified atom stereocenters. The molecule has 0 heterocycles. The third-order valence-corrected chi connectivity index (χ3v) is 3.97. The zero-order chi connectivity index (χ0) is 15.5. The number of nitrogens with one attached hydrogen (secondary N) is 1. The summed E-state index contributed by atoms with van der Waals surface area (Å²) in [6.45, 7) is 3.93. The number of nitrogens with two attached hydrogens (primary N) is 1. The van der Waals surface area contributed by atoms with Gasteiger partial charge in [-0.25, -0.2) is 0 Å². The van der Waals surface area contributed by atoms with Crippen molar-refractivity contribution >= 4 is 21.8 Å². The molecule has 0 aliphatic carbocycles. The zero-order valence-electron chi connectivity index (χ0n) is 12.1. The van der Waals surface area contributed by atoms with Gasteiger partial charge < -0.3 is 11.1 Å². The fourth-order valence-corrected chi connectivity index (χ4v) is 2.40. The van der Waals surface area contributed by atoms with Gasteiger partial charge in [0.15, 0.2) is 0 Å². The molecular formula is C17H19BrN2O. The molecule has 0 aliphatic rings. The van der Waals surface area contributed by atoms with Crippen molar-refractivity contribution in [3.05, 3.63) is 70.2 Å². The fourth-order valence-electron chi connectivity index (χ4n) is 2.14. The van der Waals surface area contributed by atoms with Gasteiger partial charge in [-0.1, -0.05) is 58.4 Å². The van der Waals surface area contributed by atoms with Crippen LogP contribution in [0.4, 0.5) is 0 Å². The Morgan fingerprint density at radius 1 is 1.10 bits per heavy atom. The number of amides is 1. The van der Waals surface area contributed by atoms with Gasteiger partial charge in [-0.3, -0.25) is 4.79 Å². The number of halogens is 1. The van der Waals surface area contributed by atoms with Crippen LogP contribution in [0.15, 0.2) is 59.1 Å². The molecule has 2 rings (SSSR count). The van der Waals surface area contributed by atoms with Crippen LogP contribution in [0.2, 0.25) is 0 Å². The molecule has 0 aliphatic heterocycles. The molecule has 0 fully saturated rings. The number of carbonyl (C=O) groups excluding carboxylic acids is 1. The van der Waals surface area contributed by atoms with Gasteiger partial charge in [0.1, 0.15) is 6.04 Å². The molecule has 0 bridgehead atoms. The number of rotatable bonds is 4. The molecule has 0 spiro atoms. The van der Waals surface area contributed by atoms with Crippen molar-refractivity contribution in [1.82, 2.24) is 5.32 Å². The highest BCUT2D eigenvalue weighted by molar-refractivity contribution is 9.10. The predicted molar refractivity (Wildman–Crippen MR) is 88.7 cm³/mol. The summed E-state index contributed by atoms with van der Waals surface area (Å²) in [5.74, 6) is -0.186. The molecule has 1 atom stereocenters. The first kappa shape index (κ1) is 15.7. The Balaban J connectivity index is 2.12. The molecule has 0 radical (unpaired) electrons. The molecule has 3 nitrogen and oxygen atoms in total. The van der Waals surface area contributed by atoms with E-state index in [1.165, 1.54) is 0 Å². The van der Waals surface area contributed by atoms with Crippen molar-refractivity contribution in [2.45, 2.75) is 25.4 Å². The molecular weight excluding hydrogens is 328 g/mol. The first-order chi connectivity index (χ1) is 9.90. The lowest BCUT2D eigenvalue weighted by Gasteiger charge is -2.28. The van der Waals surface area contributed by atoms with Crippen LogP contribution >= 0.6 is 15.9 Å². The summed E-state index contributed by atoms with van der Waals surface area (Å²) in [7, 11) is 0. The third kappa shape index (κ3) is 3.93. The Bertz CT molecular complexity index is 608. The van der Waals surface area contributed by atoms with Gasteiger partial charge in [0.05, 0.1) is 5.54 Å². The Morgan fingerprint density at radius 2 is 1.67 bits per heavy atom. The van der Waals surface area contributed by atoms with Crippen molar-refractivity contribution in [2.24, 2.45) is 5.73 Å². The highest BCUT2D eigenvalue weighted by Crippen LogP contribution is 2.23. The average molecular weight is 347 g/mol. The zero-order valence-corrected chi connectivity index (χ0v) is 13.7. The Hall–Kier alpha value is -1.65. The van der Waals surface area contributed by atoms with Crippen molar-refractivity contribution < 1.29 is 4.79 Å². The lowest BCUT2D eigenvalue weighted by molar-refractivity contribution is -0.124. The summed E-state index contributed by atoms with van der Waals surface area (Å²) in [6.07, 6.45) is 0. The van der Waals surface area contributed by atoms with Crippen LogP contribution in [0.5, 0.6) is 0 Å². The fraction of sp³-hybridized carbons (Fsp3) is 0.235. The second-order valence-electron chi connectivity index (χ2n) is 5.51. The van der Waals surface area contributed by atoms with Gasteiger partial charge in [-0.05, 0) is 37.1 Å². The predicted octanol–water partition coefficient (Wildman–Crippen LogP) is 3.50. The van der Waals surface area contributed by atoms with Gasteiger partial charge in [-0.15, -0.1) is 0 Å². The first-order valence-corrected chi connectivity index (χ1v) is 7.58. The monoisotopic (exact) mass is 346 g/mol.